The largest absolute Gasteiger partial charge is 0.388 e. The monoisotopic (exact) mass is 331 g/mol. The van der Waals surface area contributed by atoms with E-state index in [4.69, 9.17) is 5.26 Å². The van der Waals surface area contributed by atoms with Gasteiger partial charge in [0.2, 0.25) is 0 Å². The number of rotatable bonds is 9. The minimum Gasteiger partial charge on any atom is -0.388 e. The molecule has 0 aromatic heterocycles. The molecule has 24 heavy (non-hydrogen) atoms. The van der Waals surface area contributed by atoms with E-state index in [2.05, 4.69) is 29.4 Å². The van der Waals surface area contributed by atoms with Gasteiger partial charge in [0.15, 0.2) is 0 Å². The van der Waals surface area contributed by atoms with Crippen LogP contribution >= 0.6 is 0 Å². The Kier molecular flexibility index (Phi) is 7.94. The highest BCUT2D eigenvalue weighted by molar-refractivity contribution is 6.06. The van der Waals surface area contributed by atoms with Crippen LogP contribution in [0, 0.1) is 21.4 Å². The number of hydrogen-bond donors (Lipinski definition) is 2. The number of carbonyl (C=O) groups excluding carboxylic acids is 1. The molecule has 1 amide bonds. The molecule has 1 rings (SSSR count). The summed E-state index contributed by atoms with van der Waals surface area (Å²) in [5, 5.41) is 25.2. The van der Waals surface area contributed by atoms with Crippen molar-refractivity contribution in [2.24, 2.45) is 0 Å². The fraction of sp³-hybridized carbons (Fsp3) is 0.375. The number of nitrogens with one attached hydrogen (secondary N) is 2. The van der Waals surface area contributed by atoms with Crippen molar-refractivity contribution in [1.29, 1.82) is 5.26 Å². The highest BCUT2D eigenvalue weighted by Gasteiger charge is 2.11. The zero-order chi connectivity index (χ0) is 17.9. The van der Waals surface area contributed by atoms with E-state index in [-0.39, 0.29) is 16.9 Å². The lowest BCUT2D eigenvalue weighted by molar-refractivity contribution is -0.384. The molecule has 0 atom stereocenters. The number of nitro groups is 1. The van der Waals surface area contributed by atoms with Gasteiger partial charge in [0.05, 0.1) is 4.92 Å². The van der Waals surface area contributed by atoms with Crippen LogP contribution in [0.4, 0.5) is 11.4 Å². The maximum Gasteiger partial charge on any atom is 0.271 e. The van der Waals surface area contributed by atoms with Crippen LogP contribution < -0.4 is 10.6 Å². The molecule has 0 saturated heterocycles. The summed E-state index contributed by atoms with van der Waals surface area (Å²) >= 11 is 0. The highest BCUT2D eigenvalue weighted by atomic mass is 16.6. The number of anilines is 1. The van der Waals surface area contributed by atoms with Gasteiger partial charge < -0.3 is 15.5 Å². The van der Waals surface area contributed by atoms with Gasteiger partial charge in [-0.3, -0.25) is 14.9 Å². The van der Waals surface area contributed by atoms with Crippen molar-refractivity contribution in [3.8, 4) is 6.07 Å². The highest BCUT2D eigenvalue weighted by Crippen LogP contribution is 2.17. The molecule has 1 aromatic carbocycles. The molecule has 0 saturated carbocycles. The molecule has 8 heteroatoms. The Morgan fingerprint density at radius 2 is 2.12 bits per heavy atom. The molecular formula is C16H21N5O3. The molecule has 128 valence electrons. The first kappa shape index (κ1) is 19.1. The van der Waals surface area contributed by atoms with E-state index in [1.165, 1.54) is 30.5 Å². The fourth-order valence-corrected chi connectivity index (χ4v) is 1.98. The summed E-state index contributed by atoms with van der Waals surface area (Å²) in [6.45, 7) is 7.39. The average Bonchev–Trinajstić information content (AvgIpc) is 2.58. The number of likely N-dealkylation sites (N-methyl/N-ethyl adjacent to an activating group) is 1. The molecule has 0 aliphatic heterocycles. The first-order chi connectivity index (χ1) is 11.5. The van der Waals surface area contributed by atoms with Gasteiger partial charge in [0.25, 0.3) is 11.6 Å². The van der Waals surface area contributed by atoms with Gasteiger partial charge in [-0.2, -0.15) is 5.26 Å². The summed E-state index contributed by atoms with van der Waals surface area (Å²) in [5.74, 6) is -0.617. The fourth-order valence-electron chi connectivity index (χ4n) is 1.98. The van der Waals surface area contributed by atoms with Gasteiger partial charge in [-0.15, -0.1) is 0 Å². The predicted molar refractivity (Wildman–Crippen MR) is 91.2 cm³/mol. The first-order valence-electron chi connectivity index (χ1n) is 7.63. The van der Waals surface area contributed by atoms with Crippen molar-refractivity contribution < 1.29 is 9.72 Å². The minimum absolute atomic E-state index is 0.0962. The SMILES string of the molecule is CCN(CC)CCN/C=C(/C#N)C(=O)Nc1cccc([N+](=O)[O-])c1. The van der Waals surface area contributed by atoms with E-state index < -0.39 is 10.8 Å². The second-order valence-electron chi connectivity index (χ2n) is 4.91. The van der Waals surface area contributed by atoms with Crippen molar-refractivity contribution in [3.05, 3.63) is 46.2 Å². The number of nitro benzene ring substituents is 1. The molecule has 1 aromatic rings. The Hall–Kier alpha value is -2.92. The average molecular weight is 331 g/mol. The Balaban J connectivity index is 2.63. The predicted octanol–water partition coefficient (Wildman–Crippen LogP) is 1.87. The third kappa shape index (κ3) is 6.06. The lowest BCUT2D eigenvalue weighted by atomic mass is 10.2. The van der Waals surface area contributed by atoms with Gasteiger partial charge in [-0.05, 0) is 19.2 Å². The van der Waals surface area contributed by atoms with Gasteiger partial charge in [-0.1, -0.05) is 19.9 Å². The van der Waals surface area contributed by atoms with E-state index in [9.17, 15) is 14.9 Å². The van der Waals surface area contributed by atoms with Crippen molar-refractivity contribution in [2.45, 2.75) is 13.8 Å². The number of nitrogens with zero attached hydrogens (tertiary/aromatic N) is 3. The van der Waals surface area contributed by atoms with Crippen LogP contribution in [0.25, 0.3) is 0 Å². The molecule has 0 unspecified atom stereocenters. The van der Waals surface area contributed by atoms with Crippen molar-refractivity contribution >= 4 is 17.3 Å². The molecule has 0 bridgehead atoms. The second kappa shape index (κ2) is 9.97. The number of benzene rings is 1. The van der Waals surface area contributed by atoms with E-state index in [0.29, 0.717) is 6.54 Å². The molecule has 8 nitrogen and oxygen atoms in total. The summed E-state index contributed by atoms with van der Waals surface area (Å²) in [6.07, 6.45) is 1.36. The lowest BCUT2D eigenvalue weighted by Gasteiger charge is -2.17. The second-order valence-corrected chi connectivity index (χ2v) is 4.91. The van der Waals surface area contributed by atoms with Crippen molar-refractivity contribution in [2.75, 3.05) is 31.5 Å². The Labute approximate surface area is 140 Å². The third-order valence-electron chi connectivity index (χ3n) is 3.39. The van der Waals surface area contributed by atoms with Crippen molar-refractivity contribution in [3.63, 3.8) is 0 Å². The normalized spacial score (nSPS) is 11.0. The zero-order valence-electron chi connectivity index (χ0n) is 13.8. The van der Waals surface area contributed by atoms with Gasteiger partial charge in [-0.25, -0.2) is 0 Å². The summed E-state index contributed by atoms with van der Waals surface area (Å²) < 4.78 is 0. The number of amides is 1. The topological polar surface area (TPSA) is 111 Å². The van der Waals surface area contributed by atoms with E-state index >= 15 is 0 Å². The number of carbonyl (C=O) groups is 1. The van der Waals surface area contributed by atoms with E-state index in [0.717, 1.165) is 19.6 Å². The summed E-state index contributed by atoms with van der Waals surface area (Å²) in [4.78, 5) is 24.4. The number of hydrogen-bond acceptors (Lipinski definition) is 6. The maximum absolute atomic E-state index is 12.0. The molecule has 0 fully saturated rings. The summed E-state index contributed by atoms with van der Waals surface area (Å²) in [5.41, 5.74) is 0.0344. The van der Waals surface area contributed by atoms with Crippen LogP contribution in [0.5, 0.6) is 0 Å². The van der Waals surface area contributed by atoms with Crippen LogP contribution in [-0.2, 0) is 4.79 Å². The van der Waals surface area contributed by atoms with Crippen LogP contribution in [-0.4, -0.2) is 41.9 Å². The zero-order valence-corrected chi connectivity index (χ0v) is 13.8. The lowest BCUT2D eigenvalue weighted by Crippen LogP contribution is -2.30. The molecule has 0 radical (unpaired) electrons. The van der Waals surface area contributed by atoms with Crippen LogP contribution in [0.1, 0.15) is 13.8 Å². The smallest absolute Gasteiger partial charge is 0.271 e. The standard InChI is InChI=1S/C16H21N5O3/c1-3-20(4-2)9-8-18-12-13(11-17)16(22)19-14-6-5-7-15(10-14)21(23)24/h5-7,10,12,18H,3-4,8-9H2,1-2H3,(H,19,22)/b13-12-. The number of non-ortho nitro benzene ring substituents is 1. The Morgan fingerprint density at radius 1 is 1.42 bits per heavy atom. The summed E-state index contributed by atoms with van der Waals surface area (Å²) in [7, 11) is 0. The van der Waals surface area contributed by atoms with Gasteiger partial charge in [0, 0.05) is 37.1 Å². The quantitative estimate of drug-likeness (QED) is 0.235. The van der Waals surface area contributed by atoms with E-state index in [1.807, 2.05) is 6.07 Å². The molecule has 0 aliphatic rings. The Morgan fingerprint density at radius 3 is 2.71 bits per heavy atom. The maximum atomic E-state index is 12.0. The van der Waals surface area contributed by atoms with E-state index in [1.54, 1.807) is 0 Å². The summed E-state index contributed by atoms with van der Waals surface area (Å²) in [6, 6.07) is 7.36. The first-order valence-corrected chi connectivity index (χ1v) is 7.63. The molecule has 2 N–H and O–H groups in total. The Bertz CT molecular complexity index is 647. The van der Waals surface area contributed by atoms with Crippen LogP contribution in [0.3, 0.4) is 0 Å². The van der Waals surface area contributed by atoms with Gasteiger partial charge in [0.1, 0.15) is 11.6 Å². The molecule has 0 heterocycles. The third-order valence-corrected chi connectivity index (χ3v) is 3.39. The van der Waals surface area contributed by atoms with Crippen LogP contribution in [0.2, 0.25) is 0 Å². The van der Waals surface area contributed by atoms with Crippen molar-refractivity contribution in [1.82, 2.24) is 10.2 Å². The van der Waals surface area contributed by atoms with Gasteiger partial charge >= 0.3 is 0 Å². The van der Waals surface area contributed by atoms with Crippen LogP contribution in [0.15, 0.2) is 36.0 Å². The minimum atomic E-state index is -0.617. The molecular weight excluding hydrogens is 310 g/mol. The molecule has 0 spiro atoms. The molecule has 0 aliphatic carbocycles. The number of nitriles is 1.